The first-order valence-electron chi connectivity index (χ1n) is 8.01. The minimum atomic E-state index is -1.63. The lowest BCUT2D eigenvalue weighted by atomic mass is 10.1. The van der Waals surface area contributed by atoms with E-state index in [2.05, 4.69) is 20.6 Å². The number of anilines is 3. The fourth-order valence-corrected chi connectivity index (χ4v) is 2.27. The molecule has 0 aliphatic heterocycles. The summed E-state index contributed by atoms with van der Waals surface area (Å²) in [6.07, 6.45) is 1.25. The van der Waals surface area contributed by atoms with Crippen molar-refractivity contribution < 1.29 is 22.8 Å². The normalized spacial score (nSPS) is 10.4. The van der Waals surface area contributed by atoms with E-state index >= 15 is 0 Å². The Morgan fingerprint density at radius 2 is 1.64 bits per heavy atom. The maximum atomic E-state index is 13.7. The molecule has 0 spiro atoms. The van der Waals surface area contributed by atoms with Crippen molar-refractivity contribution in [1.82, 2.24) is 9.97 Å². The third kappa shape index (κ3) is 4.14. The molecule has 9 heteroatoms. The number of rotatable bonds is 5. The Kier molecular flexibility index (Phi) is 5.35. The third-order valence-electron chi connectivity index (χ3n) is 3.72. The Hall–Kier alpha value is -3.75. The number of hydrogen-bond donors (Lipinski definition) is 2. The first-order valence-corrected chi connectivity index (χ1v) is 8.01. The Morgan fingerprint density at radius 1 is 0.929 bits per heavy atom. The molecule has 1 amide bonds. The minimum Gasteiger partial charge on any atom is -0.322 e. The van der Waals surface area contributed by atoms with Crippen LogP contribution in [0.25, 0.3) is 0 Å². The van der Waals surface area contributed by atoms with Crippen LogP contribution in [0.15, 0.2) is 48.7 Å². The zero-order valence-electron chi connectivity index (χ0n) is 14.5. The quantitative estimate of drug-likeness (QED) is 0.510. The van der Waals surface area contributed by atoms with E-state index in [4.69, 9.17) is 0 Å². The molecule has 0 unspecified atom stereocenters. The molecule has 0 saturated heterocycles. The lowest BCUT2D eigenvalue weighted by molar-refractivity contribution is 0.101. The third-order valence-corrected chi connectivity index (χ3v) is 3.72. The summed E-state index contributed by atoms with van der Waals surface area (Å²) in [4.78, 5) is 31.4. The van der Waals surface area contributed by atoms with Gasteiger partial charge in [0.05, 0.1) is 5.69 Å². The first-order chi connectivity index (χ1) is 13.3. The van der Waals surface area contributed by atoms with E-state index in [1.54, 1.807) is 24.3 Å². The molecular formula is C19H13F3N4O2. The Balaban J connectivity index is 1.76. The number of amides is 1. The van der Waals surface area contributed by atoms with Crippen LogP contribution < -0.4 is 10.6 Å². The van der Waals surface area contributed by atoms with Crippen molar-refractivity contribution in [3.8, 4) is 0 Å². The van der Waals surface area contributed by atoms with E-state index < -0.39 is 23.4 Å². The molecule has 28 heavy (non-hydrogen) atoms. The van der Waals surface area contributed by atoms with E-state index in [0.717, 1.165) is 12.1 Å². The lowest BCUT2D eigenvalue weighted by Gasteiger charge is -2.09. The summed E-state index contributed by atoms with van der Waals surface area (Å²) in [7, 11) is 0. The van der Waals surface area contributed by atoms with Crippen LogP contribution in [-0.4, -0.2) is 21.7 Å². The van der Waals surface area contributed by atoms with Crippen molar-refractivity contribution in [2.24, 2.45) is 0 Å². The van der Waals surface area contributed by atoms with Crippen molar-refractivity contribution >= 4 is 29.0 Å². The summed E-state index contributed by atoms with van der Waals surface area (Å²) in [5.74, 6) is -5.24. The molecule has 0 fully saturated rings. The van der Waals surface area contributed by atoms with Gasteiger partial charge in [0.2, 0.25) is 5.95 Å². The molecule has 0 aliphatic carbocycles. The largest absolute Gasteiger partial charge is 0.322 e. The Labute approximate surface area is 157 Å². The fourth-order valence-electron chi connectivity index (χ4n) is 2.27. The molecule has 6 nitrogen and oxygen atoms in total. The van der Waals surface area contributed by atoms with Gasteiger partial charge >= 0.3 is 0 Å². The Bertz CT molecular complexity index is 1060. The molecule has 0 atom stereocenters. The molecule has 0 aliphatic rings. The number of nitrogens with zero attached hydrogens (tertiary/aromatic N) is 2. The van der Waals surface area contributed by atoms with Gasteiger partial charge < -0.3 is 10.6 Å². The number of carbonyl (C=O) groups excluding carboxylic acids is 2. The molecular weight excluding hydrogens is 373 g/mol. The average Bonchev–Trinajstić information content (AvgIpc) is 2.69. The summed E-state index contributed by atoms with van der Waals surface area (Å²) >= 11 is 0. The van der Waals surface area contributed by atoms with Crippen LogP contribution in [0.2, 0.25) is 0 Å². The van der Waals surface area contributed by atoms with Gasteiger partial charge in [0.25, 0.3) is 5.91 Å². The summed E-state index contributed by atoms with van der Waals surface area (Å²) in [5.41, 5.74) is 0.516. The zero-order valence-corrected chi connectivity index (χ0v) is 14.5. The first kappa shape index (κ1) is 19.0. The van der Waals surface area contributed by atoms with Crippen LogP contribution in [-0.2, 0) is 0 Å². The van der Waals surface area contributed by atoms with E-state index in [9.17, 15) is 22.8 Å². The number of carbonyl (C=O) groups is 2. The van der Waals surface area contributed by atoms with Gasteiger partial charge in [-0.3, -0.25) is 9.59 Å². The molecule has 1 aromatic heterocycles. The van der Waals surface area contributed by atoms with Crippen LogP contribution >= 0.6 is 0 Å². The molecule has 142 valence electrons. The van der Waals surface area contributed by atoms with Gasteiger partial charge in [0.15, 0.2) is 23.2 Å². The highest BCUT2D eigenvalue weighted by Crippen LogP contribution is 2.22. The molecule has 1 heterocycles. The standard InChI is InChI=1S/C19H13F3N4O2/c1-10(27)11-2-4-12(5-3-11)24-18(28)15-8-9-23-19(26-15)25-14-7-6-13(20)16(21)17(14)22/h2-9H,1H3,(H,24,28)(H,23,25,26). The second-order valence-corrected chi connectivity index (χ2v) is 5.70. The van der Waals surface area contributed by atoms with Gasteiger partial charge in [-0.2, -0.15) is 0 Å². The molecule has 3 rings (SSSR count). The predicted molar refractivity (Wildman–Crippen MR) is 96.0 cm³/mol. The number of aromatic nitrogens is 2. The summed E-state index contributed by atoms with van der Waals surface area (Å²) < 4.78 is 40.1. The number of hydrogen-bond acceptors (Lipinski definition) is 5. The second-order valence-electron chi connectivity index (χ2n) is 5.70. The molecule has 2 aromatic carbocycles. The lowest BCUT2D eigenvalue weighted by Crippen LogP contribution is -2.15. The summed E-state index contributed by atoms with van der Waals surface area (Å²) in [6, 6.07) is 9.32. The number of benzene rings is 2. The topological polar surface area (TPSA) is 84.0 Å². The summed E-state index contributed by atoms with van der Waals surface area (Å²) in [5, 5.41) is 4.99. The number of nitrogens with one attached hydrogen (secondary N) is 2. The van der Waals surface area contributed by atoms with Gasteiger partial charge in [-0.15, -0.1) is 0 Å². The van der Waals surface area contributed by atoms with Crippen LogP contribution in [0.4, 0.5) is 30.5 Å². The van der Waals surface area contributed by atoms with Crippen molar-refractivity contribution in [3.05, 3.63) is 77.4 Å². The highest BCUT2D eigenvalue weighted by molar-refractivity contribution is 6.03. The molecule has 0 saturated carbocycles. The van der Waals surface area contributed by atoms with Gasteiger partial charge in [-0.05, 0) is 49.4 Å². The monoisotopic (exact) mass is 386 g/mol. The number of halogens is 3. The van der Waals surface area contributed by atoms with Gasteiger partial charge in [0.1, 0.15) is 5.69 Å². The van der Waals surface area contributed by atoms with Gasteiger partial charge in [-0.25, -0.2) is 23.1 Å². The van der Waals surface area contributed by atoms with Crippen molar-refractivity contribution in [2.75, 3.05) is 10.6 Å². The number of Topliss-reactive ketones (excluding diaryl/α,β-unsaturated/α-hetero) is 1. The zero-order chi connectivity index (χ0) is 20.3. The van der Waals surface area contributed by atoms with E-state index in [1.165, 1.54) is 19.2 Å². The van der Waals surface area contributed by atoms with E-state index in [0.29, 0.717) is 11.3 Å². The molecule has 0 radical (unpaired) electrons. The van der Waals surface area contributed by atoms with Crippen molar-refractivity contribution in [3.63, 3.8) is 0 Å². The summed E-state index contributed by atoms with van der Waals surface area (Å²) in [6.45, 7) is 1.43. The fraction of sp³-hybridized carbons (Fsp3) is 0.0526. The Morgan fingerprint density at radius 3 is 2.32 bits per heavy atom. The van der Waals surface area contributed by atoms with Crippen molar-refractivity contribution in [1.29, 1.82) is 0 Å². The van der Waals surface area contributed by atoms with Crippen LogP contribution in [0, 0.1) is 17.5 Å². The smallest absolute Gasteiger partial charge is 0.274 e. The highest BCUT2D eigenvalue weighted by Gasteiger charge is 2.15. The average molecular weight is 386 g/mol. The maximum absolute atomic E-state index is 13.7. The molecule has 3 aromatic rings. The minimum absolute atomic E-state index is 0.0452. The van der Waals surface area contributed by atoms with E-state index in [1.807, 2.05) is 0 Å². The second kappa shape index (κ2) is 7.87. The van der Waals surface area contributed by atoms with Gasteiger partial charge in [-0.1, -0.05) is 0 Å². The maximum Gasteiger partial charge on any atom is 0.274 e. The molecule has 0 bridgehead atoms. The van der Waals surface area contributed by atoms with Crippen LogP contribution in [0.5, 0.6) is 0 Å². The number of ketones is 1. The SMILES string of the molecule is CC(=O)c1ccc(NC(=O)c2ccnc(Nc3ccc(F)c(F)c3F)n2)cc1. The molecule has 2 N–H and O–H groups in total. The van der Waals surface area contributed by atoms with Crippen LogP contribution in [0.1, 0.15) is 27.8 Å². The predicted octanol–water partition coefficient (Wildman–Crippen LogP) is 4.09. The van der Waals surface area contributed by atoms with E-state index in [-0.39, 0.29) is 23.1 Å². The van der Waals surface area contributed by atoms with Gasteiger partial charge in [0, 0.05) is 17.4 Å². The van der Waals surface area contributed by atoms with Crippen molar-refractivity contribution in [2.45, 2.75) is 6.92 Å². The highest BCUT2D eigenvalue weighted by atomic mass is 19.2. The van der Waals surface area contributed by atoms with Crippen LogP contribution in [0.3, 0.4) is 0 Å².